The Balaban J connectivity index is 2.10. The molecule has 0 fully saturated rings. The molecule has 27 heavy (non-hydrogen) atoms. The number of hydrogen-bond donors (Lipinski definition) is 1. The van der Waals surface area contributed by atoms with Crippen LogP contribution in [0.3, 0.4) is 0 Å². The van der Waals surface area contributed by atoms with Gasteiger partial charge in [0.1, 0.15) is 0 Å². The number of methoxy groups -OCH3 is 1. The van der Waals surface area contributed by atoms with Crippen LogP contribution in [-0.2, 0) is 12.2 Å². The minimum Gasteiger partial charge on any atom is -0.493 e. The van der Waals surface area contributed by atoms with Crippen molar-refractivity contribution >= 4 is 23.1 Å². The maximum Gasteiger partial charge on any atom is 0.180 e. The maximum atomic E-state index is 5.92. The summed E-state index contributed by atoms with van der Waals surface area (Å²) in [5, 5.41) is 8.58. The van der Waals surface area contributed by atoms with Crippen LogP contribution in [0.1, 0.15) is 23.6 Å². The Morgan fingerprint density at radius 1 is 1.26 bits per heavy atom. The molecule has 0 aromatic heterocycles. The third kappa shape index (κ3) is 6.49. The summed E-state index contributed by atoms with van der Waals surface area (Å²) in [6.45, 7) is 6.31. The third-order valence-corrected chi connectivity index (χ3v) is 4.47. The molecule has 2 N–H and O–H groups in total. The van der Waals surface area contributed by atoms with Crippen molar-refractivity contribution < 1.29 is 9.47 Å². The predicted molar refractivity (Wildman–Crippen MR) is 115 cm³/mol. The number of allylic oxidation sites excluding steroid dienone is 1. The molecule has 2 aromatic carbocycles. The van der Waals surface area contributed by atoms with Gasteiger partial charge in [-0.3, -0.25) is 0 Å². The zero-order chi connectivity index (χ0) is 19.5. The number of hydrogen-bond acceptors (Lipinski definition) is 5. The number of nitrogens with zero attached hydrogens (tertiary/aromatic N) is 2. The molecule has 0 saturated heterocycles. The first kappa shape index (κ1) is 20.6. The highest BCUT2D eigenvalue weighted by molar-refractivity contribution is 8.13. The van der Waals surface area contributed by atoms with Crippen molar-refractivity contribution in [3.05, 3.63) is 71.8 Å². The van der Waals surface area contributed by atoms with Gasteiger partial charge in [0.25, 0.3) is 0 Å². The summed E-state index contributed by atoms with van der Waals surface area (Å²) in [5.41, 5.74) is 8.96. The van der Waals surface area contributed by atoms with Crippen molar-refractivity contribution in [2.75, 3.05) is 13.7 Å². The van der Waals surface area contributed by atoms with Gasteiger partial charge in [-0.15, -0.1) is 11.7 Å². The second kappa shape index (κ2) is 11.1. The molecule has 0 atom stereocenters. The van der Waals surface area contributed by atoms with E-state index in [9.17, 15) is 0 Å². The van der Waals surface area contributed by atoms with Crippen molar-refractivity contribution in [1.82, 2.24) is 0 Å². The summed E-state index contributed by atoms with van der Waals surface area (Å²) in [6.07, 6.45) is 4.15. The van der Waals surface area contributed by atoms with Crippen LogP contribution in [0, 0.1) is 0 Å². The Kier molecular flexibility index (Phi) is 8.45. The van der Waals surface area contributed by atoms with Gasteiger partial charge in [0.2, 0.25) is 0 Å². The van der Waals surface area contributed by atoms with E-state index in [1.54, 1.807) is 13.3 Å². The van der Waals surface area contributed by atoms with Crippen molar-refractivity contribution in [3.8, 4) is 11.5 Å². The molecule has 0 bridgehead atoms. The summed E-state index contributed by atoms with van der Waals surface area (Å²) < 4.78 is 11.2. The molecule has 6 heteroatoms. The average Bonchev–Trinajstić information content (AvgIpc) is 2.69. The van der Waals surface area contributed by atoms with E-state index < -0.39 is 0 Å². The monoisotopic (exact) mass is 383 g/mol. The smallest absolute Gasteiger partial charge is 0.180 e. The number of nitrogens with two attached hydrogens (primary N) is 1. The normalized spacial score (nSPS) is 11.6. The van der Waals surface area contributed by atoms with Crippen molar-refractivity contribution in [3.63, 3.8) is 0 Å². The van der Waals surface area contributed by atoms with Gasteiger partial charge >= 0.3 is 0 Å². The largest absolute Gasteiger partial charge is 0.493 e. The first-order chi connectivity index (χ1) is 13.2. The summed E-state index contributed by atoms with van der Waals surface area (Å²) in [6, 6.07) is 13.9. The summed E-state index contributed by atoms with van der Waals surface area (Å²) in [5.74, 6) is 2.15. The molecule has 0 aliphatic carbocycles. The molecule has 2 rings (SSSR count). The molecule has 142 valence electrons. The van der Waals surface area contributed by atoms with Gasteiger partial charge in [0.05, 0.1) is 19.9 Å². The lowest BCUT2D eigenvalue weighted by atomic mass is 10.1. The predicted octanol–water partition coefficient (Wildman–Crippen LogP) is 4.40. The van der Waals surface area contributed by atoms with E-state index in [0.29, 0.717) is 23.9 Å². The van der Waals surface area contributed by atoms with Crippen LogP contribution in [0.25, 0.3) is 0 Å². The van der Waals surface area contributed by atoms with Crippen LogP contribution >= 0.6 is 11.8 Å². The number of benzene rings is 2. The first-order valence-corrected chi connectivity index (χ1v) is 9.64. The van der Waals surface area contributed by atoms with Gasteiger partial charge < -0.3 is 15.2 Å². The standard InChI is InChI=1S/C21H25N3O2S/c1-4-9-18-12-17(13-19(25-3)20(18)26-5-2)14-23-24-21(22)27-15-16-10-7-6-8-11-16/h4,6-8,10-14H,1,5,9,15H2,2-3H3,(H2,22,24). The second-order valence-corrected chi connectivity index (χ2v) is 6.59. The zero-order valence-electron chi connectivity index (χ0n) is 15.7. The highest BCUT2D eigenvalue weighted by Crippen LogP contribution is 2.33. The van der Waals surface area contributed by atoms with E-state index >= 15 is 0 Å². The molecule has 5 nitrogen and oxygen atoms in total. The van der Waals surface area contributed by atoms with Gasteiger partial charge in [-0.2, -0.15) is 5.10 Å². The zero-order valence-corrected chi connectivity index (χ0v) is 16.5. The molecule has 2 aromatic rings. The number of thioether (sulfide) groups is 1. The SMILES string of the molecule is C=CCc1cc(C=NN=C(N)SCc2ccccc2)cc(OC)c1OCC. The number of amidine groups is 1. The van der Waals surface area contributed by atoms with Gasteiger partial charge in [-0.25, -0.2) is 0 Å². The van der Waals surface area contributed by atoms with Gasteiger partial charge in [-0.05, 0) is 36.6 Å². The van der Waals surface area contributed by atoms with E-state index in [1.807, 2.05) is 43.3 Å². The third-order valence-electron chi connectivity index (χ3n) is 3.62. The Labute approximate surface area is 165 Å². The molecule has 0 spiro atoms. The molecular formula is C21H25N3O2S. The minimum atomic E-state index is 0.416. The highest BCUT2D eigenvalue weighted by Gasteiger charge is 2.11. The van der Waals surface area contributed by atoms with Crippen LogP contribution in [0.2, 0.25) is 0 Å². The van der Waals surface area contributed by atoms with E-state index in [0.717, 1.165) is 22.6 Å². The topological polar surface area (TPSA) is 69.2 Å². The quantitative estimate of drug-likeness (QED) is 0.301. The van der Waals surface area contributed by atoms with Gasteiger partial charge in [0, 0.05) is 11.3 Å². The fourth-order valence-electron chi connectivity index (χ4n) is 2.44. The van der Waals surface area contributed by atoms with Gasteiger partial charge in [-0.1, -0.05) is 48.2 Å². The van der Waals surface area contributed by atoms with Crippen LogP contribution in [-0.4, -0.2) is 25.1 Å². The van der Waals surface area contributed by atoms with Crippen molar-refractivity contribution in [1.29, 1.82) is 0 Å². The fourth-order valence-corrected chi connectivity index (χ4v) is 3.05. The Morgan fingerprint density at radius 3 is 2.70 bits per heavy atom. The first-order valence-electron chi connectivity index (χ1n) is 8.65. The van der Waals surface area contributed by atoms with E-state index in [2.05, 4.69) is 28.9 Å². The van der Waals surface area contributed by atoms with Crippen LogP contribution in [0.15, 0.2) is 65.3 Å². The van der Waals surface area contributed by atoms with E-state index in [-0.39, 0.29) is 0 Å². The molecule has 0 radical (unpaired) electrons. The van der Waals surface area contributed by atoms with E-state index in [4.69, 9.17) is 15.2 Å². The minimum absolute atomic E-state index is 0.416. The maximum absolute atomic E-state index is 5.92. The second-order valence-electron chi connectivity index (χ2n) is 5.59. The summed E-state index contributed by atoms with van der Waals surface area (Å²) in [7, 11) is 1.62. The van der Waals surface area contributed by atoms with Crippen molar-refractivity contribution in [2.24, 2.45) is 15.9 Å². The van der Waals surface area contributed by atoms with Crippen LogP contribution < -0.4 is 15.2 Å². The van der Waals surface area contributed by atoms with Crippen LogP contribution in [0.4, 0.5) is 0 Å². The molecule has 0 saturated carbocycles. The highest BCUT2D eigenvalue weighted by atomic mass is 32.2. The number of ether oxygens (including phenoxy) is 2. The average molecular weight is 384 g/mol. The fraction of sp³-hybridized carbons (Fsp3) is 0.238. The molecule has 0 aliphatic rings. The number of rotatable bonds is 9. The summed E-state index contributed by atoms with van der Waals surface area (Å²) >= 11 is 1.45. The van der Waals surface area contributed by atoms with E-state index in [1.165, 1.54) is 17.3 Å². The Morgan fingerprint density at radius 2 is 2.04 bits per heavy atom. The van der Waals surface area contributed by atoms with Crippen molar-refractivity contribution in [2.45, 2.75) is 19.1 Å². The molecule has 0 unspecified atom stereocenters. The molecule has 0 amide bonds. The Hall–Kier alpha value is -2.73. The molecular weight excluding hydrogens is 358 g/mol. The lowest BCUT2D eigenvalue weighted by Crippen LogP contribution is -2.06. The molecule has 0 heterocycles. The Bertz CT molecular complexity index is 805. The molecule has 0 aliphatic heterocycles. The summed E-state index contributed by atoms with van der Waals surface area (Å²) in [4.78, 5) is 0. The van der Waals surface area contributed by atoms with Crippen LogP contribution in [0.5, 0.6) is 11.5 Å². The van der Waals surface area contributed by atoms with Gasteiger partial charge in [0.15, 0.2) is 16.7 Å². The lowest BCUT2D eigenvalue weighted by molar-refractivity contribution is 0.308. The lowest BCUT2D eigenvalue weighted by Gasteiger charge is -2.14.